The van der Waals surface area contributed by atoms with Gasteiger partial charge in [0.05, 0.1) is 12.4 Å². The van der Waals surface area contributed by atoms with E-state index in [-0.39, 0.29) is 17.7 Å². The zero-order chi connectivity index (χ0) is 23.4. The van der Waals surface area contributed by atoms with Crippen LogP contribution in [0.2, 0.25) is 0 Å². The highest BCUT2D eigenvalue weighted by Gasteiger charge is 2.25. The number of benzene rings is 1. The summed E-state index contributed by atoms with van der Waals surface area (Å²) in [5.74, 6) is 1.00. The van der Waals surface area contributed by atoms with Gasteiger partial charge in [-0.2, -0.15) is 14.6 Å². The van der Waals surface area contributed by atoms with Crippen molar-refractivity contribution in [2.45, 2.75) is 45.1 Å². The van der Waals surface area contributed by atoms with Crippen LogP contribution in [0.25, 0.3) is 27.9 Å². The SMILES string of the molecule is CC(C)c1cnn2c(N[C@@H]3CCc4[nH]c5ccc(O)cc5c4C3)nc(-c3cncc(F)c3)nc12. The Balaban J connectivity index is 1.41. The molecule has 0 amide bonds. The number of phenolic OH excluding ortho intramolecular Hbond substituents is 1. The highest BCUT2D eigenvalue weighted by Crippen LogP contribution is 2.33. The number of halogens is 1. The molecule has 1 atom stereocenters. The van der Waals surface area contributed by atoms with Gasteiger partial charge in [0.1, 0.15) is 11.6 Å². The normalized spacial score (nSPS) is 15.8. The van der Waals surface area contributed by atoms with E-state index in [4.69, 9.17) is 9.97 Å². The molecule has 0 fully saturated rings. The molecule has 6 rings (SSSR count). The summed E-state index contributed by atoms with van der Waals surface area (Å²) in [6, 6.07) is 6.92. The number of hydrogen-bond donors (Lipinski definition) is 3. The number of aromatic amines is 1. The standard InChI is InChI=1S/C25H24FN7O/c1-13(2)20-12-28-33-24(20)31-23(14-7-15(26)11-27-10-14)32-25(33)29-16-3-5-21-18(8-16)19-9-17(34)4-6-22(19)30-21/h4,6-7,9-13,16,30,34H,3,5,8H2,1-2H3,(H,29,31,32)/t16-/m1/s1. The Hall–Kier alpha value is -4.01. The van der Waals surface area contributed by atoms with Crippen LogP contribution in [0.15, 0.2) is 42.9 Å². The van der Waals surface area contributed by atoms with Gasteiger partial charge in [0.25, 0.3) is 0 Å². The Kier molecular flexibility index (Phi) is 4.72. The van der Waals surface area contributed by atoms with Crippen LogP contribution < -0.4 is 5.32 Å². The van der Waals surface area contributed by atoms with Gasteiger partial charge in [-0.25, -0.2) is 9.37 Å². The summed E-state index contributed by atoms with van der Waals surface area (Å²) in [5.41, 5.74) is 5.65. The lowest BCUT2D eigenvalue weighted by atomic mass is 9.91. The van der Waals surface area contributed by atoms with Crippen LogP contribution in [0.3, 0.4) is 0 Å². The highest BCUT2D eigenvalue weighted by atomic mass is 19.1. The van der Waals surface area contributed by atoms with Crippen LogP contribution in [0.1, 0.15) is 43.0 Å². The molecule has 0 radical (unpaired) electrons. The van der Waals surface area contributed by atoms with E-state index in [9.17, 15) is 9.50 Å². The summed E-state index contributed by atoms with van der Waals surface area (Å²) in [5, 5.41) is 19.2. The van der Waals surface area contributed by atoms with E-state index in [0.29, 0.717) is 23.0 Å². The van der Waals surface area contributed by atoms with Crippen molar-refractivity contribution in [2.24, 2.45) is 0 Å². The lowest BCUT2D eigenvalue weighted by molar-refractivity contribution is 0.476. The van der Waals surface area contributed by atoms with Crippen molar-refractivity contribution < 1.29 is 9.50 Å². The Morgan fingerprint density at radius 2 is 2.06 bits per heavy atom. The molecule has 0 saturated carbocycles. The van der Waals surface area contributed by atoms with E-state index >= 15 is 0 Å². The molecule has 0 saturated heterocycles. The van der Waals surface area contributed by atoms with Gasteiger partial charge in [0, 0.05) is 40.0 Å². The van der Waals surface area contributed by atoms with Gasteiger partial charge in [-0.3, -0.25) is 4.98 Å². The Bertz CT molecular complexity index is 1540. The second-order valence-electron chi connectivity index (χ2n) is 9.15. The van der Waals surface area contributed by atoms with Crippen LogP contribution in [-0.2, 0) is 12.8 Å². The van der Waals surface area contributed by atoms with Crippen LogP contribution in [0.5, 0.6) is 5.75 Å². The fraction of sp³-hybridized carbons (Fsp3) is 0.280. The maximum atomic E-state index is 13.9. The maximum Gasteiger partial charge on any atom is 0.228 e. The fourth-order valence-electron chi connectivity index (χ4n) is 4.77. The monoisotopic (exact) mass is 457 g/mol. The molecule has 8 nitrogen and oxygen atoms in total. The number of pyridine rings is 1. The summed E-state index contributed by atoms with van der Waals surface area (Å²) in [6.07, 6.45) is 7.11. The number of nitrogens with one attached hydrogen (secondary N) is 2. The molecule has 5 aromatic rings. The van der Waals surface area contributed by atoms with Gasteiger partial charge < -0.3 is 15.4 Å². The van der Waals surface area contributed by atoms with Gasteiger partial charge in [-0.05, 0) is 55.0 Å². The Labute approximate surface area is 194 Å². The van der Waals surface area contributed by atoms with Crippen molar-refractivity contribution in [2.75, 3.05) is 5.32 Å². The molecule has 0 aliphatic heterocycles. The topological polar surface area (TPSA) is 104 Å². The highest BCUT2D eigenvalue weighted by molar-refractivity contribution is 5.86. The summed E-state index contributed by atoms with van der Waals surface area (Å²) in [6.45, 7) is 4.18. The van der Waals surface area contributed by atoms with Crippen molar-refractivity contribution in [3.8, 4) is 17.1 Å². The molecular weight excluding hydrogens is 433 g/mol. The smallest absolute Gasteiger partial charge is 0.228 e. The number of aromatic nitrogens is 6. The lowest BCUT2D eigenvalue weighted by Crippen LogP contribution is -2.29. The molecule has 1 aliphatic carbocycles. The first-order valence-electron chi connectivity index (χ1n) is 11.4. The van der Waals surface area contributed by atoms with Crippen LogP contribution >= 0.6 is 0 Å². The van der Waals surface area contributed by atoms with Crippen molar-refractivity contribution >= 4 is 22.5 Å². The van der Waals surface area contributed by atoms with E-state index < -0.39 is 5.82 Å². The minimum absolute atomic E-state index is 0.108. The minimum atomic E-state index is -0.435. The average molecular weight is 458 g/mol. The predicted molar refractivity (Wildman–Crippen MR) is 127 cm³/mol. The molecule has 34 heavy (non-hydrogen) atoms. The molecular formula is C25H24FN7O. The van der Waals surface area contributed by atoms with Crippen molar-refractivity contribution in [1.29, 1.82) is 0 Å². The van der Waals surface area contributed by atoms with E-state index in [2.05, 4.69) is 34.2 Å². The number of nitrogens with zero attached hydrogens (tertiary/aromatic N) is 5. The second kappa shape index (κ2) is 7.79. The van der Waals surface area contributed by atoms with E-state index in [1.54, 1.807) is 16.8 Å². The molecule has 4 heterocycles. The van der Waals surface area contributed by atoms with E-state index in [1.807, 2.05) is 18.3 Å². The van der Waals surface area contributed by atoms with Crippen LogP contribution in [0.4, 0.5) is 10.3 Å². The number of phenols is 1. The third-order valence-electron chi connectivity index (χ3n) is 6.49. The fourth-order valence-corrected chi connectivity index (χ4v) is 4.77. The Morgan fingerprint density at radius 1 is 1.18 bits per heavy atom. The van der Waals surface area contributed by atoms with Crippen LogP contribution in [0, 0.1) is 5.82 Å². The van der Waals surface area contributed by atoms with Crippen molar-refractivity contribution in [1.82, 2.24) is 29.5 Å². The summed E-state index contributed by atoms with van der Waals surface area (Å²) >= 11 is 0. The third kappa shape index (κ3) is 3.44. The molecule has 1 aliphatic rings. The zero-order valence-electron chi connectivity index (χ0n) is 18.9. The number of hydrogen-bond acceptors (Lipinski definition) is 6. The average Bonchev–Trinajstić information content (AvgIpc) is 3.40. The van der Waals surface area contributed by atoms with Gasteiger partial charge in [0.15, 0.2) is 11.5 Å². The molecule has 9 heteroatoms. The van der Waals surface area contributed by atoms with Gasteiger partial charge in [-0.1, -0.05) is 13.8 Å². The van der Waals surface area contributed by atoms with Gasteiger partial charge >= 0.3 is 0 Å². The largest absolute Gasteiger partial charge is 0.508 e. The first-order valence-corrected chi connectivity index (χ1v) is 11.4. The molecule has 0 unspecified atom stereocenters. The number of anilines is 1. The first kappa shape index (κ1) is 20.6. The number of aryl methyl sites for hydroxylation is 1. The van der Waals surface area contributed by atoms with Gasteiger partial charge in [-0.15, -0.1) is 0 Å². The quantitative estimate of drug-likeness (QED) is 0.364. The molecule has 0 spiro atoms. The van der Waals surface area contributed by atoms with Crippen LogP contribution in [-0.4, -0.2) is 40.7 Å². The number of aromatic hydroxyl groups is 1. The van der Waals surface area contributed by atoms with E-state index in [1.165, 1.54) is 17.3 Å². The third-order valence-corrected chi connectivity index (χ3v) is 6.49. The summed E-state index contributed by atoms with van der Waals surface area (Å²) in [7, 11) is 0. The molecule has 0 bridgehead atoms. The zero-order valence-corrected chi connectivity index (χ0v) is 18.9. The molecule has 172 valence electrons. The summed E-state index contributed by atoms with van der Waals surface area (Å²) < 4.78 is 15.6. The van der Waals surface area contributed by atoms with Crippen molar-refractivity contribution in [3.05, 3.63) is 65.5 Å². The maximum absolute atomic E-state index is 13.9. The molecule has 1 aromatic carbocycles. The van der Waals surface area contributed by atoms with Crippen molar-refractivity contribution in [3.63, 3.8) is 0 Å². The predicted octanol–water partition coefficient (Wildman–Crippen LogP) is 4.61. The lowest BCUT2D eigenvalue weighted by Gasteiger charge is -2.24. The first-order chi connectivity index (χ1) is 16.5. The number of H-pyrrole nitrogens is 1. The Morgan fingerprint density at radius 3 is 2.88 bits per heavy atom. The van der Waals surface area contributed by atoms with Gasteiger partial charge in [0.2, 0.25) is 5.95 Å². The minimum Gasteiger partial charge on any atom is -0.508 e. The molecule has 3 N–H and O–H groups in total. The second-order valence-corrected chi connectivity index (χ2v) is 9.15. The number of rotatable bonds is 4. The summed E-state index contributed by atoms with van der Waals surface area (Å²) in [4.78, 5) is 16.9. The van der Waals surface area contributed by atoms with E-state index in [0.717, 1.165) is 41.9 Å². The molecule has 4 aromatic heterocycles. The number of fused-ring (bicyclic) bond motifs is 4.